The third kappa shape index (κ3) is 5.79. The van der Waals surface area contributed by atoms with Gasteiger partial charge in [0.15, 0.2) is 0 Å². The van der Waals surface area contributed by atoms with E-state index in [-0.39, 0.29) is 0 Å². The number of hydrogen-bond acceptors (Lipinski definition) is 2. The van der Waals surface area contributed by atoms with E-state index in [0.717, 1.165) is 43.0 Å². The summed E-state index contributed by atoms with van der Waals surface area (Å²) in [5, 5.41) is 0. The van der Waals surface area contributed by atoms with Gasteiger partial charge in [0.05, 0.1) is 0 Å². The number of unbranched alkanes of at least 4 members (excludes halogenated alkanes) is 1. The first-order valence-corrected chi connectivity index (χ1v) is 12.2. The summed E-state index contributed by atoms with van der Waals surface area (Å²) in [6.07, 6.45) is 5.63. The molecule has 0 unspecified atom stereocenters. The Morgan fingerprint density at radius 2 is 1.59 bits per heavy atom. The van der Waals surface area contributed by atoms with Crippen LogP contribution in [0.15, 0.2) is 60.2 Å². The van der Waals surface area contributed by atoms with Crippen molar-refractivity contribution in [3.05, 3.63) is 88.6 Å². The number of aryl methyl sites for hydroxylation is 3. The smallest absolute Gasteiger partial charge is 0.0450 e. The highest BCUT2D eigenvalue weighted by Gasteiger charge is 2.23. The molecule has 2 heteroatoms. The number of benzene rings is 2. The van der Waals surface area contributed by atoms with E-state index in [1.54, 1.807) is 0 Å². The summed E-state index contributed by atoms with van der Waals surface area (Å²) >= 11 is 0. The first-order chi connectivity index (χ1) is 15.3. The predicted octanol–water partition coefficient (Wildman–Crippen LogP) is 7.98. The minimum Gasteiger partial charge on any atom is -0.371 e. The van der Waals surface area contributed by atoms with E-state index in [4.69, 9.17) is 4.99 Å². The van der Waals surface area contributed by atoms with E-state index in [0.29, 0.717) is 5.92 Å². The van der Waals surface area contributed by atoms with Crippen LogP contribution >= 0.6 is 0 Å². The van der Waals surface area contributed by atoms with Crippen LogP contribution in [0.4, 0.5) is 0 Å². The van der Waals surface area contributed by atoms with Crippen molar-refractivity contribution in [3.63, 3.8) is 0 Å². The van der Waals surface area contributed by atoms with E-state index in [2.05, 4.69) is 89.1 Å². The summed E-state index contributed by atoms with van der Waals surface area (Å²) in [6.45, 7) is 21.6. The molecule has 0 aromatic heterocycles. The fourth-order valence-electron chi connectivity index (χ4n) is 4.78. The van der Waals surface area contributed by atoms with Crippen molar-refractivity contribution >= 4 is 11.4 Å². The van der Waals surface area contributed by atoms with Crippen molar-refractivity contribution in [1.82, 2.24) is 4.90 Å². The lowest BCUT2D eigenvalue weighted by Crippen LogP contribution is -2.31. The van der Waals surface area contributed by atoms with Crippen molar-refractivity contribution in [2.75, 3.05) is 13.1 Å². The zero-order valence-electron chi connectivity index (χ0n) is 20.8. The second kappa shape index (κ2) is 10.8. The van der Waals surface area contributed by atoms with E-state index < -0.39 is 0 Å². The predicted molar refractivity (Wildman–Crippen MR) is 141 cm³/mol. The van der Waals surface area contributed by atoms with Crippen LogP contribution in [-0.4, -0.2) is 23.7 Å². The lowest BCUT2D eigenvalue weighted by molar-refractivity contribution is 0.299. The molecule has 3 rings (SSSR count). The Balaban J connectivity index is 1.74. The van der Waals surface area contributed by atoms with Gasteiger partial charge in [-0.2, -0.15) is 0 Å². The molecule has 1 aliphatic rings. The number of aliphatic imine (C=N–C) groups is 1. The van der Waals surface area contributed by atoms with Gasteiger partial charge in [-0.1, -0.05) is 62.4 Å². The monoisotopic (exact) mass is 428 g/mol. The Morgan fingerprint density at radius 1 is 0.969 bits per heavy atom. The number of rotatable bonds is 8. The van der Waals surface area contributed by atoms with Crippen LogP contribution in [0.5, 0.6) is 0 Å². The molecular weight excluding hydrogens is 388 g/mol. The SMILES string of the molecule is C=C(CCCC)N=C(C)c1cc(C(=C)N2CCC(c3ccc(C)cc3)CC2)c(C)cc1C. The second-order valence-electron chi connectivity index (χ2n) is 9.47. The van der Waals surface area contributed by atoms with Crippen LogP contribution in [0.3, 0.4) is 0 Å². The zero-order chi connectivity index (χ0) is 23.3. The van der Waals surface area contributed by atoms with Gasteiger partial charge < -0.3 is 4.90 Å². The third-order valence-electron chi connectivity index (χ3n) is 6.84. The molecule has 32 heavy (non-hydrogen) atoms. The van der Waals surface area contributed by atoms with Gasteiger partial charge in [-0.25, -0.2) is 0 Å². The van der Waals surface area contributed by atoms with Crippen LogP contribution in [0.2, 0.25) is 0 Å². The standard InChI is InChI=1S/C30H40N2/c1-8-9-10-24(5)31-25(6)29-20-30(23(4)19-22(29)3)26(7)32-17-15-28(16-18-32)27-13-11-21(2)12-14-27/h11-14,19-20,28H,5,7-10,15-18H2,1-4,6H3. The van der Waals surface area contributed by atoms with E-state index in [1.807, 2.05) is 0 Å². The molecule has 1 aliphatic heterocycles. The molecule has 0 N–H and O–H groups in total. The number of allylic oxidation sites excluding steroid dienone is 1. The Morgan fingerprint density at radius 3 is 2.22 bits per heavy atom. The Bertz CT molecular complexity index is 986. The minimum absolute atomic E-state index is 0.651. The summed E-state index contributed by atoms with van der Waals surface area (Å²) in [4.78, 5) is 7.29. The largest absolute Gasteiger partial charge is 0.371 e. The van der Waals surface area contributed by atoms with Crippen molar-refractivity contribution in [2.24, 2.45) is 4.99 Å². The Hall–Kier alpha value is -2.61. The minimum atomic E-state index is 0.651. The Kier molecular flexibility index (Phi) is 8.12. The summed E-state index contributed by atoms with van der Waals surface area (Å²) in [5.74, 6) is 0.651. The van der Waals surface area contributed by atoms with E-state index in [9.17, 15) is 0 Å². The molecule has 0 radical (unpaired) electrons. The van der Waals surface area contributed by atoms with Gasteiger partial charge in [-0.05, 0) is 87.6 Å². The number of nitrogens with zero attached hydrogens (tertiary/aromatic N) is 2. The zero-order valence-corrected chi connectivity index (χ0v) is 20.8. The number of hydrogen-bond donors (Lipinski definition) is 0. The molecule has 0 saturated carbocycles. The van der Waals surface area contributed by atoms with Gasteiger partial charge in [0.1, 0.15) is 0 Å². The van der Waals surface area contributed by atoms with Gasteiger partial charge in [-0.3, -0.25) is 4.99 Å². The van der Waals surface area contributed by atoms with Gasteiger partial charge in [0, 0.05) is 35.8 Å². The maximum Gasteiger partial charge on any atom is 0.0450 e. The maximum absolute atomic E-state index is 4.82. The van der Waals surface area contributed by atoms with Crippen molar-refractivity contribution in [2.45, 2.75) is 72.6 Å². The number of piperidine rings is 1. The first kappa shape index (κ1) is 24.0. The lowest BCUT2D eigenvalue weighted by Gasteiger charge is -2.35. The van der Waals surface area contributed by atoms with Crippen molar-refractivity contribution < 1.29 is 0 Å². The van der Waals surface area contributed by atoms with Crippen LogP contribution in [-0.2, 0) is 0 Å². The Labute approximate surface area is 195 Å². The van der Waals surface area contributed by atoms with Gasteiger partial charge in [0.2, 0.25) is 0 Å². The highest BCUT2D eigenvalue weighted by Crippen LogP contribution is 2.33. The summed E-state index contributed by atoms with van der Waals surface area (Å²) in [7, 11) is 0. The molecule has 0 spiro atoms. The molecule has 2 aromatic rings. The average molecular weight is 429 g/mol. The average Bonchev–Trinajstić information content (AvgIpc) is 2.78. The molecule has 170 valence electrons. The highest BCUT2D eigenvalue weighted by molar-refractivity contribution is 6.01. The van der Waals surface area contributed by atoms with Crippen molar-refractivity contribution in [1.29, 1.82) is 0 Å². The molecule has 2 aromatic carbocycles. The molecular formula is C30H40N2. The quantitative estimate of drug-likeness (QED) is 0.389. The highest BCUT2D eigenvalue weighted by atomic mass is 15.1. The van der Waals surface area contributed by atoms with Gasteiger partial charge in [-0.15, -0.1) is 0 Å². The van der Waals surface area contributed by atoms with Crippen LogP contribution in [0, 0.1) is 20.8 Å². The summed E-state index contributed by atoms with van der Waals surface area (Å²) in [6, 6.07) is 13.7. The van der Waals surface area contributed by atoms with Gasteiger partial charge >= 0.3 is 0 Å². The first-order valence-electron chi connectivity index (χ1n) is 12.2. The summed E-state index contributed by atoms with van der Waals surface area (Å²) < 4.78 is 0. The lowest BCUT2D eigenvalue weighted by atomic mass is 9.88. The third-order valence-corrected chi connectivity index (χ3v) is 6.84. The van der Waals surface area contributed by atoms with Crippen molar-refractivity contribution in [3.8, 4) is 0 Å². The molecule has 1 heterocycles. The molecule has 1 saturated heterocycles. The number of likely N-dealkylation sites (tertiary alicyclic amines) is 1. The molecule has 0 amide bonds. The second-order valence-corrected chi connectivity index (χ2v) is 9.47. The molecule has 1 fully saturated rings. The maximum atomic E-state index is 4.82. The fraction of sp³-hybridized carbons (Fsp3) is 0.433. The molecule has 0 bridgehead atoms. The molecule has 0 aliphatic carbocycles. The fourth-order valence-corrected chi connectivity index (χ4v) is 4.78. The summed E-state index contributed by atoms with van der Waals surface area (Å²) in [5.41, 5.74) is 11.0. The normalized spacial score (nSPS) is 15.2. The van der Waals surface area contributed by atoms with Crippen LogP contribution in [0.1, 0.15) is 85.3 Å². The van der Waals surface area contributed by atoms with E-state index in [1.165, 1.54) is 52.6 Å². The van der Waals surface area contributed by atoms with Crippen LogP contribution < -0.4 is 0 Å². The topological polar surface area (TPSA) is 15.6 Å². The van der Waals surface area contributed by atoms with Crippen LogP contribution in [0.25, 0.3) is 5.70 Å². The van der Waals surface area contributed by atoms with E-state index >= 15 is 0 Å². The van der Waals surface area contributed by atoms with Gasteiger partial charge in [0.25, 0.3) is 0 Å². The molecule has 2 nitrogen and oxygen atoms in total. The molecule has 0 atom stereocenters.